The number of unbranched alkanes of at least 4 members (excludes halogenated alkanes) is 1. The lowest BCUT2D eigenvalue weighted by atomic mass is 10.2. The van der Waals surface area contributed by atoms with Crippen molar-refractivity contribution >= 4 is 0 Å². The van der Waals surface area contributed by atoms with Gasteiger partial charge in [0.05, 0.1) is 6.61 Å². The van der Waals surface area contributed by atoms with Gasteiger partial charge in [-0.3, -0.25) is 0 Å². The van der Waals surface area contributed by atoms with E-state index in [4.69, 9.17) is 4.74 Å². The second-order valence-corrected chi connectivity index (χ2v) is 4.88. The van der Waals surface area contributed by atoms with Gasteiger partial charge in [-0.15, -0.1) is 0 Å². The predicted octanol–water partition coefficient (Wildman–Crippen LogP) is 3.37. The Kier molecular flexibility index (Phi) is 4.87. The summed E-state index contributed by atoms with van der Waals surface area (Å²) in [5.74, 6) is 1.98. The molecule has 1 saturated carbocycles. The molecule has 2 rings (SSSR count). The Morgan fingerprint density at radius 1 is 1.29 bits per heavy atom. The highest BCUT2D eigenvalue weighted by Crippen LogP contribution is 2.28. The van der Waals surface area contributed by atoms with Crippen LogP contribution >= 0.6 is 0 Å². The minimum absolute atomic E-state index is 0.830. The van der Waals surface area contributed by atoms with Crippen molar-refractivity contribution in [2.75, 3.05) is 13.2 Å². The molecule has 0 aromatic heterocycles. The quantitative estimate of drug-likeness (QED) is 0.695. The van der Waals surface area contributed by atoms with Crippen molar-refractivity contribution in [2.45, 2.75) is 39.2 Å². The summed E-state index contributed by atoms with van der Waals surface area (Å²) in [6.07, 6.45) is 5.12. The second kappa shape index (κ2) is 6.65. The molecule has 1 aromatic rings. The molecular weight excluding hydrogens is 210 g/mol. The fraction of sp³-hybridized carbons (Fsp3) is 0.600. The molecule has 1 fully saturated rings. The monoisotopic (exact) mass is 233 g/mol. The number of hydrogen-bond acceptors (Lipinski definition) is 2. The van der Waals surface area contributed by atoms with Gasteiger partial charge in [0.1, 0.15) is 5.75 Å². The average molecular weight is 233 g/mol. The predicted molar refractivity (Wildman–Crippen MR) is 71.3 cm³/mol. The second-order valence-electron chi connectivity index (χ2n) is 4.88. The van der Waals surface area contributed by atoms with Gasteiger partial charge in [0.25, 0.3) is 0 Å². The number of nitrogens with one attached hydrogen (secondary N) is 1. The summed E-state index contributed by atoms with van der Waals surface area (Å²) in [4.78, 5) is 0. The molecule has 94 valence electrons. The van der Waals surface area contributed by atoms with E-state index in [1.54, 1.807) is 0 Å². The summed E-state index contributed by atoms with van der Waals surface area (Å²) in [6, 6.07) is 8.36. The van der Waals surface area contributed by atoms with Crippen molar-refractivity contribution in [3.63, 3.8) is 0 Å². The topological polar surface area (TPSA) is 21.3 Å². The lowest BCUT2D eigenvalue weighted by Gasteiger charge is -2.11. The summed E-state index contributed by atoms with van der Waals surface area (Å²) in [5.41, 5.74) is 1.28. The number of benzene rings is 1. The van der Waals surface area contributed by atoms with Crippen LogP contribution in [-0.4, -0.2) is 13.2 Å². The van der Waals surface area contributed by atoms with Crippen molar-refractivity contribution in [3.8, 4) is 5.75 Å². The largest absolute Gasteiger partial charge is 0.493 e. The van der Waals surface area contributed by atoms with Gasteiger partial charge in [-0.2, -0.15) is 0 Å². The van der Waals surface area contributed by atoms with E-state index in [-0.39, 0.29) is 0 Å². The summed E-state index contributed by atoms with van der Waals surface area (Å²) in [5, 5.41) is 3.51. The van der Waals surface area contributed by atoms with Crippen LogP contribution in [0.15, 0.2) is 24.3 Å². The molecule has 1 aliphatic carbocycles. The van der Waals surface area contributed by atoms with Crippen LogP contribution in [0.1, 0.15) is 38.2 Å². The molecule has 0 atom stereocenters. The zero-order valence-corrected chi connectivity index (χ0v) is 10.7. The van der Waals surface area contributed by atoms with Gasteiger partial charge in [0, 0.05) is 12.1 Å². The molecule has 0 spiro atoms. The van der Waals surface area contributed by atoms with Crippen LogP contribution in [0.25, 0.3) is 0 Å². The molecule has 2 nitrogen and oxygen atoms in total. The van der Waals surface area contributed by atoms with Crippen LogP contribution in [0.3, 0.4) is 0 Å². The summed E-state index contributed by atoms with van der Waals surface area (Å²) >= 11 is 0. The van der Waals surface area contributed by atoms with Crippen LogP contribution in [-0.2, 0) is 6.54 Å². The molecule has 2 heteroatoms. The summed E-state index contributed by atoms with van der Waals surface area (Å²) in [7, 11) is 0. The van der Waals surface area contributed by atoms with Crippen molar-refractivity contribution in [3.05, 3.63) is 29.8 Å². The van der Waals surface area contributed by atoms with Gasteiger partial charge >= 0.3 is 0 Å². The first-order chi connectivity index (χ1) is 8.40. The Bertz CT molecular complexity index is 333. The molecule has 0 radical (unpaired) electrons. The standard InChI is InChI=1S/C15H23NO/c1-2-3-10-17-15-7-5-4-6-14(15)12-16-11-13-8-9-13/h4-7,13,16H,2-3,8-12H2,1H3. The highest BCUT2D eigenvalue weighted by Gasteiger charge is 2.20. The first-order valence-electron chi connectivity index (χ1n) is 6.81. The van der Waals surface area contributed by atoms with Crippen LogP contribution in [0.5, 0.6) is 5.75 Å². The minimum atomic E-state index is 0.830. The maximum atomic E-state index is 5.81. The van der Waals surface area contributed by atoms with Gasteiger partial charge in [-0.1, -0.05) is 31.5 Å². The van der Waals surface area contributed by atoms with Crippen molar-refractivity contribution in [1.82, 2.24) is 5.32 Å². The van der Waals surface area contributed by atoms with E-state index in [0.29, 0.717) is 0 Å². The molecular formula is C15H23NO. The van der Waals surface area contributed by atoms with Crippen LogP contribution < -0.4 is 10.1 Å². The Labute approximate surface area is 104 Å². The molecule has 0 aliphatic heterocycles. The molecule has 1 N–H and O–H groups in total. The average Bonchev–Trinajstić information content (AvgIpc) is 3.15. The zero-order valence-electron chi connectivity index (χ0n) is 10.7. The van der Waals surface area contributed by atoms with Crippen molar-refractivity contribution < 1.29 is 4.74 Å². The zero-order chi connectivity index (χ0) is 11.9. The smallest absolute Gasteiger partial charge is 0.123 e. The molecule has 1 aromatic carbocycles. The van der Waals surface area contributed by atoms with Crippen LogP contribution in [0, 0.1) is 5.92 Å². The van der Waals surface area contributed by atoms with Gasteiger partial charge in [0.15, 0.2) is 0 Å². The van der Waals surface area contributed by atoms with E-state index < -0.39 is 0 Å². The number of para-hydroxylation sites is 1. The number of hydrogen-bond donors (Lipinski definition) is 1. The molecule has 17 heavy (non-hydrogen) atoms. The molecule has 0 unspecified atom stereocenters. The molecule has 0 heterocycles. The normalized spacial score (nSPS) is 14.9. The molecule has 0 bridgehead atoms. The van der Waals surface area contributed by atoms with Gasteiger partial charge in [-0.05, 0) is 37.8 Å². The van der Waals surface area contributed by atoms with Gasteiger partial charge in [-0.25, -0.2) is 0 Å². The first kappa shape index (κ1) is 12.4. The van der Waals surface area contributed by atoms with Gasteiger partial charge < -0.3 is 10.1 Å². The lowest BCUT2D eigenvalue weighted by Crippen LogP contribution is -2.16. The maximum absolute atomic E-state index is 5.81. The van der Waals surface area contributed by atoms with E-state index in [9.17, 15) is 0 Å². The highest BCUT2D eigenvalue weighted by molar-refractivity contribution is 5.33. The Balaban J connectivity index is 1.80. The van der Waals surface area contributed by atoms with Crippen LogP contribution in [0.4, 0.5) is 0 Å². The number of ether oxygens (including phenoxy) is 1. The molecule has 0 saturated heterocycles. The third kappa shape index (κ3) is 4.39. The van der Waals surface area contributed by atoms with Crippen molar-refractivity contribution in [1.29, 1.82) is 0 Å². The van der Waals surface area contributed by atoms with E-state index in [1.165, 1.54) is 24.8 Å². The Hall–Kier alpha value is -1.02. The number of rotatable bonds is 8. The Morgan fingerprint density at radius 2 is 2.12 bits per heavy atom. The third-order valence-corrected chi connectivity index (χ3v) is 3.17. The SMILES string of the molecule is CCCCOc1ccccc1CNCC1CC1. The van der Waals surface area contributed by atoms with Crippen molar-refractivity contribution in [2.24, 2.45) is 5.92 Å². The minimum Gasteiger partial charge on any atom is -0.493 e. The van der Waals surface area contributed by atoms with Gasteiger partial charge in [0.2, 0.25) is 0 Å². The van der Waals surface area contributed by atoms with Crippen LogP contribution in [0.2, 0.25) is 0 Å². The third-order valence-electron chi connectivity index (χ3n) is 3.17. The summed E-state index contributed by atoms with van der Waals surface area (Å²) in [6.45, 7) is 5.10. The fourth-order valence-electron chi connectivity index (χ4n) is 1.85. The summed E-state index contributed by atoms with van der Waals surface area (Å²) < 4.78 is 5.81. The molecule has 1 aliphatic rings. The lowest BCUT2D eigenvalue weighted by molar-refractivity contribution is 0.305. The first-order valence-corrected chi connectivity index (χ1v) is 6.81. The molecule has 0 amide bonds. The highest BCUT2D eigenvalue weighted by atomic mass is 16.5. The maximum Gasteiger partial charge on any atom is 0.123 e. The van der Waals surface area contributed by atoms with E-state index >= 15 is 0 Å². The van der Waals surface area contributed by atoms with E-state index in [1.807, 2.05) is 6.07 Å². The fourth-order valence-corrected chi connectivity index (χ4v) is 1.85. The van der Waals surface area contributed by atoms with E-state index in [2.05, 4.69) is 30.4 Å². The Morgan fingerprint density at radius 3 is 2.88 bits per heavy atom. The van der Waals surface area contributed by atoms with E-state index in [0.717, 1.165) is 37.8 Å².